The number of aliphatic hydroxyl groups is 1. The molecule has 13 heteroatoms. The van der Waals surface area contributed by atoms with Crippen LogP contribution in [0.2, 0.25) is 0 Å². The van der Waals surface area contributed by atoms with Gasteiger partial charge in [0, 0.05) is 37.2 Å². The van der Waals surface area contributed by atoms with Gasteiger partial charge in [0.2, 0.25) is 17.8 Å². The fraction of sp³-hybridized carbons (Fsp3) is 0.556. The Balaban J connectivity index is 1.18. The number of carbonyl (C=O) groups excluding carboxylic acids is 1. The quantitative estimate of drug-likeness (QED) is 0.299. The molecule has 2 atom stereocenters. The highest BCUT2D eigenvalue weighted by Gasteiger charge is 2.34. The van der Waals surface area contributed by atoms with Gasteiger partial charge in [0.25, 0.3) is 0 Å². The number of anilines is 3. The Labute approximate surface area is 230 Å². The number of likely N-dealkylation sites (tertiary alicyclic amines) is 1. The van der Waals surface area contributed by atoms with E-state index in [1.54, 1.807) is 0 Å². The normalized spacial score (nSPS) is 25.2. The maximum atomic E-state index is 14.3. The monoisotopic (exact) mass is 561 g/mol. The molecule has 4 N–H and O–H groups in total. The number of nitrogens with zero attached hydrogens (tertiary/aromatic N) is 4. The summed E-state index contributed by atoms with van der Waals surface area (Å²) in [6.45, 7) is 1.64. The van der Waals surface area contributed by atoms with E-state index in [4.69, 9.17) is 4.74 Å². The first kappa shape index (κ1) is 28.1. The van der Waals surface area contributed by atoms with E-state index in [1.807, 2.05) is 4.90 Å². The summed E-state index contributed by atoms with van der Waals surface area (Å²) >= 11 is 0. The zero-order valence-electron chi connectivity index (χ0n) is 22.1. The topological polar surface area (TPSA) is 124 Å². The zero-order chi connectivity index (χ0) is 28.1. The Hall–Kier alpha value is -3.45. The molecule has 1 aliphatic carbocycles. The number of hydrogen-bond donors (Lipinski definition) is 4. The van der Waals surface area contributed by atoms with E-state index >= 15 is 0 Å². The standard InChI is InChI=1S/C27H34F3N7O3/c28-17-10-22(29)24(23(30)11-17)36-27(34-19-7-9-40-15-19)35-20-12-31-26(32-13-20)33-18-5-3-16(4-6-18)25(39)37-8-1-2-21(37)14-38/h10-13,16,18-19,21,38H,1-9,14-15H2,(H,31,32,33)(H2,34,35,36)/t16?,18?,19-,21-/m0/s1. The highest BCUT2D eigenvalue weighted by Crippen LogP contribution is 2.30. The van der Waals surface area contributed by atoms with Gasteiger partial charge in [-0.05, 0) is 44.9 Å². The molecule has 3 heterocycles. The molecule has 3 fully saturated rings. The van der Waals surface area contributed by atoms with E-state index in [9.17, 15) is 23.1 Å². The van der Waals surface area contributed by atoms with E-state index in [1.165, 1.54) is 12.4 Å². The highest BCUT2D eigenvalue weighted by atomic mass is 19.1. The van der Waals surface area contributed by atoms with Crippen LogP contribution in [0, 0.1) is 23.4 Å². The van der Waals surface area contributed by atoms with Crippen molar-refractivity contribution < 1.29 is 27.8 Å². The number of benzene rings is 1. The molecule has 1 amide bonds. The third-order valence-electron chi connectivity index (χ3n) is 7.66. The number of carbonyl (C=O) groups is 1. The SMILES string of the molecule is O=C(C1CCC(Nc2ncc(NC(=N[C@H]3CCOC3)Nc3c(F)cc(F)cc3F)cn2)CC1)N1CCC[C@H]1CO. The largest absolute Gasteiger partial charge is 0.394 e. The number of nitrogens with one attached hydrogen (secondary N) is 3. The molecule has 10 nitrogen and oxygen atoms in total. The van der Waals surface area contributed by atoms with Crippen molar-refractivity contribution in [2.45, 2.75) is 63.1 Å². The van der Waals surface area contributed by atoms with Gasteiger partial charge in [-0.3, -0.25) is 4.79 Å². The molecule has 40 heavy (non-hydrogen) atoms. The van der Waals surface area contributed by atoms with Gasteiger partial charge in [0.15, 0.2) is 11.6 Å². The average molecular weight is 562 g/mol. The molecule has 2 aromatic rings. The molecule has 2 saturated heterocycles. The Morgan fingerprint density at radius 1 is 1.05 bits per heavy atom. The van der Waals surface area contributed by atoms with Gasteiger partial charge in [-0.2, -0.15) is 0 Å². The Morgan fingerprint density at radius 3 is 2.42 bits per heavy atom. The van der Waals surface area contributed by atoms with Gasteiger partial charge in [-0.25, -0.2) is 28.1 Å². The minimum absolute atomic E-state index is 0.0171. The summed E-state index contributed by atoms with van der Waals surface area (Å²) in [7, 11) is 0. The van der Waals surface area contributed by atoms with Crippen LogP contribution in [0.25, 0.3) is 0 Å². The Morgan fingerprint density at radius 2 is 1.77 bits per heavy atom. The van der Waals surface area contributed by atoms with E-state index in [0.717, 1.165) is 45.1 Å². The van der Waals surface area contributed by atoms with E-state index in [-0.39, 0.29) is 42.5 Å². The molecule has 2 aliphatic heterocycles. The minimum Gasteiger partial charge on any atom is -0.394 e. The Kier molecular flexibility index (Phi) is 9.00. The van der Waals surface area contributed by atoms with Gasteiger partial charge in [-0.1, -0.05) is 0 Å². The second-order valence-electron chi connectivity index (χ2n) is 10.5. The van der Waals surface area contributed by atoms with Gasteiger partial charge >= 0.3 is 0 Å². The van der Waals surface area contributed by atoms with Crippen LogP contribution in [0.5, 0.6) is 0 Å². The number of rotatable bonds is 7. The van der Waals surface area contributed by atoms with Crippen LogP contribution in [0.4, 0.5) is 30.5 Å². The molecular formula is C27H34F3N7O3. The van der Waals surface area contributed by atoms with Crippen molar-refractivity contribution in [2.24, 2.45) is 10.9 Å². The van der Waals surface area contributed by atoms with Crippen molar-refractivity contribution in [3.8, 4) is 0 Å². The molecule has 0 bridgehead atoms. The third-order valence-corrected chi connectivity index (χ3v) is 7.66. The van der Waals surface area contributed by atoms with Gasteiger partial charge in [0.1, 0.15) is 11.5 Å². The molecule has 0 spiro atoms. The smallest absolute Gasteiger partial charge is 0.226 e. The van der Waals surface area contributed by atoms with Crippen molar-refractivity contribution in [2.75, 3.05) is 42.3 Å². The lowest BCUT2D eigenvalue weighted by Crippen LogP contribution is -2.43. The van der Waals surface area contributed by atoms with Crippen LogP contribution >= 0.6 is 0 Å². The van der Waals surface area contributed by atoms with Crippen molar-refractivity contribution >= 4 is 29.2 Å². The number of aliphatic imine (C=N–C) groups is 1. The summed E-state index contributed by atoms with van der Waals surface area (Å²) in [5, 5.41) is 18.4. The molecule has 5 rings (SSSR count). The lowest BCUT2D eigenvalue weighted by Gasteiger charge is -2.32. The van der Waals surface area contributed by atoms with Crippen LogP contribution in [0.3, 0.4) is 0 Å². The molecule has 0 unspecified atom stereocenters. The zero-order valence-corrected chi connectivity index (χ0v) is 22.1. The Bertz CT molecular complexity index is 1180. The second kappa shape index (κ2) is 12.8. The number of hydrogen-bond acceptors (Lipinski definition) is 7. The summed E-state index contributed by atoms with van der Waals surface area (Å²) in [6, 6.07) is 1.04. The first-order valence-electron chi connectivity index (χ1n) is 13.7. The van der Waals surface area contributed by atoms with Crippen LogP contribution in [-0.4, -0.2) is 76.3 Å². The molecule has 1 aromatic carbocycles. The van der Waals surface area contributed by atoms with E-state index < -0.39 is 23.1 Å². The fourth-order valence-electron chi connectivity index (χ4n) is 5.50. The number of guanidine groups is 1. The number of aromatic nitrogens is 2. The summed E-state index contributed by atoms with van der Waals surface area (Å²) in [5.41, 5.74) is -0.103. The lowest BCUT2D eigenvalue weighted by atomic mass is 9.85. The predicted molar refractivity (Wildman–Crippen MR) is 143 cm³/mol. The van der Waals surface area contributed by atoms with E-state index in [2.05, 4.69) is 30.9 Å². The van der Waals surface area contributed by atoms with Crippen molar-refractivity contribution in [1.29, 1.82) is 0 Å². The van der Waals surface area contributed by atoms with Crippen molar-refractivity contribution in [1.82, 2.24) is 14.9 Å². The molecule has 0 radical (unpaired) electrons. The molecular weight excluding hydrogens is 527 g/mol. The van der Waals surface area contributed by atoms with Gasteiger partial charge in [-0.15, -0.1) is 0 Å². The number of halogens is 3. The van der Waals surface area contributed by atoms with Gasteiger partial charge in [0.05, 0.1) is 43.4 Å². The van der Waals surface area contributed by atoms with Gasteiger partial charge < -0.3 is 30.7 Å². The minimum atomic E-state index is -1.09. The second-order valence-corrected chi connectivity index (χ2v) is 10.5. The summed E-state index contributed by atoms with van der Waals surface area (Å²) in [6.07, 6.45) is 8.62. The molecule has 216 valence electrons. The predicted octanol–water partition coefficient (Wildman–Crippen LogP) is 3.52. The molecule has 3 aliphatic rings. The summed E-state index contributed by atoms with van der Waals surface area (Å²) in [4.78, 5) is 28.0. The van der Waals surface area contributed by atoms with E-state index in [0.29, 0.717) is 43.4 Å². The van der Waals surface area contributed by atoms with Crippen LogP contribution in [-0.2, 0) is 9.53 Å². The fourth-order valence-corrected chi connectivity index (χ4v) is 5.50. The molecule has 1 saturated carbocycles. The number of aliphatic hydroxyl groups excluding tert-OH is 1. The highest BCUT2D eigenvalue weighted by molar-refractivity contribution is 6.03. The number of ether oxygens (including phenoxy) is 1. The first-order valence-corrected chi connectivity index (χ1v) is 13.7. The van der Waals surface area contributed by atoms with Crippen molar-refractivity contribution in [3.63, 3.8) is 0 Å². The van der Waals surface area contributed by atoms with Crippen molar-refractivity contribution in [3.05, 3.63) is 42.0 Å². The maximum Gasteiger partial charge on any atom is 0.226 e. The van der Waals surface area contributed by atoms with Crippen LogP contribution < -0.4 is 16.0 Å². The first-order chi connectivity index (χ1) is 19.4. The third kappa shape index (κ3) is 6.81. The number of amides is 1. The van der Waals surface area contributed by atoms with Crippen LogP contribution in [0.1, 0.15) is 44.9 Å². The maximum absolute atomic E-state index is 14.3. The summed E-state index contributed by atoms with van der Waals surface area (Å²) < 4.78 is 47.2. The lowest BCUT2D eigenvalue weighted by molar-refractivity contribution is -0.138. The average Bonchev–Trinajstić information content (AvgIpc) is 3.64. The molecule has 1 aromatic heterocycles. The summed E-state index contributed by atoms with van der Waals surface area (Å²) in [5.74, 6) is -2.60. The van der Waals surface area contributed by atoms with Crippen LogP contribution in [0.15, 0.2) is 29.5 Å².